The van der Waals surface area contributed by atoms with Crippen LogP contribution in [0.3, 0.4) is 0 Å². The van der Waals surface area contributed by atoms with Crippen molar-refractivity contribution in [3.63, 3.8) is 0 Å². The Hall–Kier alpha value is -0.870. The summed E-state index contributed by atoms with van der Waals surface area (Å²) in [6.07, 6.45) is 1.77. The molecule has 1 amide bonds. The zero-order valence-corrected chi connectivity index (χ0v) is 20.0. The Morgan fingerprint density at radius 1 is 1.00 bits per heavy atom. The normalized spacial score (nSPS) is 15.1. The molecule has 0 saturated carbocycles. The van der Waals surface area contributed by atoms with Crippen LogP contribution in [0.4, 0.5) is 0 Å². The van der Waals surface area contributed by atoms with Crippen LogP contribution < -0.4 is 14.8 Å². The lowest BCUT2D eigenvalue weighted by Crippen LogP contribution is -2.17. The number of hydrogen-bond donors (Lipinski definition) is 1. The molecule has 1 N–H and O–H groups in total. The number of thioether (sulfide) groups is 1. The average molecular weight is 594 g/mol. The number of amides is 1. The van der Waals surface area contributed by atoms with Gasteiger partial charge in [-0.2, -0.15) is 0 Å². The van der Waals surface area contributed by atoms with Gasteiger partial charge in [-0.3, -0.25) is 4.79 Å². The Morgan fingerprint density at radius 2 is 1.70 bits per heavy atom. The zero-order chi connectivity index (χ0) is 19.4. The largest absolute Gasteiger partial charge is 0.490 e. The van der Waals surface area contributed by atoms with Crippen LogP contribution in [0, 0.1) is 0 Å². The Kier molecular flexibility index (Phi) is 7.38. The SMILES string of the molecule is O=C1NC(=S)SC1=Cc1cc(Br)ccc1OCCOc1cc(Br)cc(Br)c1. The second-order valence-corrected chi connectivity index (χ2v) is 9.80. The number of hydrogen-bond acceptors (Lipinski definition) is 5. The van der Waals surface area contributed by atoms with Gasteiger partial charge in [0.15, 0.2) is 0 Å². The summed E-state index contributed by atoms with van der Waals surface area (Å²) >= 11 is 16.6. The second kappa shape index (κ2) is 9.56. The van der Waals surface area contributed by atoms with Crippen LogP contribution in [-0.4, -0.2) is 23.4 Å². The van der Waals surface area contributed by atoms with Gasteiger partial charge in [-0.1, -0.05) is 71.8 Å². The van der Waals surface area contributed by atoms with Gasteiger partial charge >= 0.3 is 0 Å². The van der Waals surface area contributed by atoms with Gasteiger partial charge in [0.1, 0.15) is 29.0 Å². The molecule has 0 atom stereocenters. The summed E-state index contributed by atoms with van der Waals surface area (Å²) in [6, 6.07) is 11.3. The van der Waals surface area contributed by atoms with Gasteiger partial charge in [0, 0.05) is 19.0 Å². The number of halogens is 3. The van der Waals surface area contributed by atoms with Crippen LogP contribution in [0.5, 0.6) is 11.5 Å². The lowest BCUT2D eigenvalue weighted by Gasteiger charge is -2.11. The van der Waals surface area contributed by atoms with Crippen LogP contribution in [0.25, 0.3) is 6.08 Å². The fourth-order valence-electron chi connectivity index (χ4n) is 2.25. The summed E-state index contributed by atoms with van der Waals surface area (Å²) in [5.41, 5.74) is 0.789. The lowest BCUT2D eigenvalue weighted by molar-refractivity contribution is -0.115. The van der Waals surface area contributed by atoms with Crippen molar-refractivity contribution in [3.8, 4) is 11.5 Å². The maximum absolute atomic E-state index is 11.9. The Morgan fingerprint density at radius 3 is 2.37 bits per heavy atom. The van der Waals surface area contributed by atoms with Crippen molar-refractivity contribution >= 4 is 88.1 Å². The smallest absolute Gasteiger partial charge is 0.263 e. The third-order valence-electron chi connectivity index (χ3n) is 3.35. The van der Waals surface area contributed by atoms with Crippen LogP contribution in [0.2, 0.25) is 0 Å². The van der Waals surface area contributed by atoms with Crippen molar-refractivity contribution in [2.75, 3.05) is 13.2 Å². The lowest BCUT2D eigenvalue weighted by atomic mass is 10.2. The first-order chi connectivity index (χ1) is 12.9. The van der Waals surface area contributed by atoms with Crippen LogP contribution in [-0.2, 0) is 4.79 Å². The number of thiocarbonyl (C=S) groups is 1. The number of nitrogens with one attached hydrogen (secondary N) is 1. The molecule has 0 radical (unpaired) electrons. The van der Waals surface area contributed by atoms with Gasteiger partial charge < -0.3 is 14.8 Å². The highest BCUT2D eigenvalue weighted by atomic mass is 79.9. The molecule has 9 heteroatoms. The van der Waals surface area contributed by atoms with E-state index in [-0.39, 0.29) is 5.91 Å². The average Bonchev–Trinajstić information content (AvgIpc) is 2.89. The van der Waals surface area contributed by atoms with E-state index in [4.69, 9.17) is 21.7 Å². The van der Waals surface area contributed by atoms with Gasteiger partial charge in [-0.25, -0.2) is 0 Å². The van der Waals surface area contributed by atoms with E-state index in [9.17, 15) is 4.79 Å². The molecular weight excluding hydrogens is 582 g/mol. The molecule has 1 saturated heterocycles. The van der Waals surface area contributed by atoms with Crippen molar-refractivity contribution in [2.24, 2.45) is 0 Å². The van der Waals surface area contributed by atoms with Gasteiger partial charge in [0.2, 0.25) is 0 Å². The van der Waals surface area contributed by atoms with Crippen LogP contribution in [0.15, 0.2) is 54.7 Å². The van der Waals surface area contributed by atoms with E-state index in [1.807, 2.05) is 36.4 Å². The molecule has 27 heavy (non-hydrogen) atoms. The molecule has 1 aliphatic rings. The van der Waals surface area contributed by atoms with E-state index >= 15 is 0 Å². The maximum Gasteiger partial charge on any atom is 0.263 e. The molecule has 0 spiro atoms. The molecule has 1 fully saturated rings. The molecule has 0 aromatic heterocycles. The van der Waals surface area contributed by atoms with E-state index in [1.54, 1.807) is 6.08 Å². The maximum atomic E-state index is 11.9. The second-order valence-electron chi connectivity index (χ2n) is 5.34. The van der Waals surface area contributed by atoms with Crippen molar-refractivity contribution in [3.05, 3.63) is 60.3 Å². The number of carbonyl (C=O) groups excluding carboxylic acids is 1. The minimum absolute atomic E-state index is 0.195. The molecule has 3 rings (SSSR count). The van der Waals surface area contributed by atoms with Crippen molar-refractivity contribution in [1.82, 2.24) is 5.32 Å². The van der Waals surface area contributed by atoms with Crippen LogP contribution >= 0.6 is 71.8 Å². The summed E-state index contributed by atoms with van der Waals surface area (Å²) in [5.74, 6) is 1.21. The summed E-state index contributed by atoms with van der Waals surface area (Å²) in [7, 11) is 0. The van der Waals surface area contributed by atoms with E-state index < -0.39 is 0 Å². The minimum Gasteiger partial charge on any atom is -0.490 e. The molecule has 140 valence electrons. The predicted molar refractivity (Wildman–Crippen MR) is 123 cm³/mol. The van der Waals surface area contributed by atoms with E-state index in [0.717, 1.165) is 24.7 Å². The molecular formula is C18H12Br3NO3S2. The third kappa shape index (κ3) is 6.05. The fourth-order valence-corrected chi connectivity index (χ4v) is 4.91. The molecule has 2 aromatic carbocycles. The number of rotatable bonds is 6. The number of ether oxygens (including phenoxy) is 2. The zero-order valence-electron chi connectivity index (χ0n) is 13.6. The van der Waals surface area contributed by atoms with E-state index in [1.165, 1.54) is 11.8 Å². The molecule has 1 aliphatic heterocycles. The quantitative estimate of drug-likeness (QED) is 0.256. The highest BCUT2D eigenvalue weighted by molar-refractivity contribution is 9.11. The number of benzene rings is 2. The van der Waals surface area contributed by atoms with Gasteiger partial charge in [0.05, 0.1) is 4.91 Å². The van der Waals surface area contributed by atoms with E-state index in [2.05, 4.69) is 53.1 Å². The van der Waals surface area contributed by atoms with Gasteiger partial charge in [-0.05, 0) is 42.5 Å². The monoisotopic (exact) mass is 591 g/mol. The fraction of sp³-hybridized carbons (Fsp3) is 0.111. The third-order valence-corrected chi connectivity index (χ3v) is 5.92. The molecule has 4 nitrogen and oxygen atoms in total. The standard InChI is InChI=1S/C18H12Br3NO3S2/c19-11-1-2-15(10(5-11)6-16-17(23)22-18(26)27-16)25-4-3-24-14-8-12(20)7-13(21)9-14/h1-2,5-9H,3-4H2,(H,22,23,26). The first kappa shape index (κ1) is 20.9. The minimum atomic E-state index is -0.195. The summed E-state index contributed by atoms with van der Waals surface area (Å²) in [6.45, 7) is 0.744. The topological polar surface area (TPSA) is 47.6 Å². The molecule has 0 aliphatic carbocycles. The first-order valence-electron chi connectivity index (χ1n) is 7.67. The highest BCUT2D eigenvalue weighted by Gasteiger charge is 2.22. The molecule has 0 unspecified atom stereocenters. The van der Waals surface area contributed by atoms with Crippen LogP contribution in [0.1, 0.15) is 5.56 Å². The summed E-state index contributed by atoms with van der Waals surface area (Å²) < 4.78 is 14.8. The summed E-state index contributed by atoms with van der Waals surface area (Å²) in [4.78, 5) is 12.4. The number of carbonyl (C=O) groups is 1. The van der Waals surface area contributed by atoms with Crippen molar-refractivity contribution in [1.29, 1.82) is 0 Å². The Balaban J connectivity index is 1.66. The molecule has 2 aromatic rings. The van der Waals surface area contributed by atoms with Gasteiger partial charge in [-0.15, -0.1) is 0 Å². The predicted octanol–water partition coefficient (Wildman–Crippen LogP) is 5.92. The Bertz CT molecular complexity index is 914. The van der Waals surface area contributed by atoms with Crippen molar-refractivity contribution < 1.29 is 14.3 Å². The summed E-state index contributed by atoms with van der Waals surface area (Å²) in [5, 5.41) is 2.61. The first-order valence-corrected chi connectivity index (χ1v) is 11.3. The molecule has 0 bridgehead atoms. The van der Waals surface area contributed by atoms with Crippen molar-refractivity contribution in [2.45, 2.75) is 0 Å². The Labute approximate surface area is 191 Å². The molecule has 1 heterocycles. The highest BCUT2D eigenvalue weighted by Crippen LogP contribution is 2.31. The van der Waals surface area contributed by atoms with E-state index in [0.29, 0.717) is 28.2 Å². The van der Waals surface area contributed by atoms with Gasteiger partial charge in [0.25, 0.3) is 5.91 Å².